The summed E-state index contributed by atoms with van der Waals surface area (Å²) in [4.78, 5) is 0. The Morgan fingerprint density at radius 3 is 2.45 bits per heavy atom. The molecule has 0 saturated heterocycles. The van der Waals surface area contributed by atoms with Crippen LogP contribution in [0.2, 0.25) is 0 Å². The molecule has 3 aliphatic carbocycles. The van der Waals surface area contributed by atoms with E-state index in [2.05, 4.69) is 114 Å². The van der Waals surface area contributed by atoms with Gasteiger partial charge < -0.3 is 0 Å². The van der Waals surface area contributed by atoms with E-state index in [1.165, 1.54) is 66.8 Å². The van der Waals surface area contributed by atoms with E-state index in [9.17, 15) is 0 Å². The minimum Gasteiger partial charge on any atom is -0.0955 e. The number of fused-ring (bicyclic) bond motifs is 1. The second-order valence-corrected chi connectivity index (χ2v) is 11.3. The quantitative estimate of drug-likeness (QED) is 0.357. The lowest BCUT2D eigenvalue weighted by molar-refractivity contribution is 0.619. The summed E-state index contributed by atoms with van der Waals surface area (Å²) in [5.41, 5.74) is 17.3. The molecule has 0 aromatic heterocycles. The predicted molar refractivity (Wildman–Crippen MR) is 166 cm³/mol. The molecule has 0 N–H and O–H groups in total. The van der Waals surface area contributed by atoms with E-state index in [4.69, 9.17) is 6.58 Å². The Labute approximate surface area is 229 Å². The Morgan fingerprint density at radius 2 is 1.74 bits per heavy atom. The van der Waals surface area contributed by atoms with Crippen molar-refractivity contribution in [1.82, 2.24) is 0 Å². The molecule has 2 aromatic carbocycles. The SMILES string of the molecule is C=C(CCC)C1=C(C)C=C2CC(=CC3=CC=C(c4ccc(C)cc4C(=C)C)C3)C(=C)C2C1c1ccccc1. The lowest BCUT2D eigenvalue weighted by Crippen LogP contribution is -2.21. The first-order valence-electron chi connectivity index (χ1n) is 14.0. The Morgan fingerprint density at radius 1 is 0.974 bits per heavy atom. The highest BCUT2D eigenvalue weighted by atomic mass is 14.4. The number of hydrogen-bond donors (Lipinski definition) is 0. The van der Waals surface area contributed by atoms with E-state index in [1.807, 2.05) is 0 Å². The van der Waals surface area contributed by atoms with Crippen LogP contribution >= 0.6 is 0 Å². The normalized spacial score (nSPS) is 21.8. The Bertz CT molecular complexity index is 1480. The molecule has 3 aliphatic rings. The first-order valence-corrected chi connectivity index (χ1v) is 14.0. The van der Waals surface area contributed by atoms with Gasteiger partial charge in [-0.3, -0.25) is 0 Å². The van der Waals surface area contributed by atoms with Gasteiger partial charge in [0.15, 0.2) is 0 Å². The first-order chi connectivity index (χ1) is 18.3. The van der Waals surface area contributed by atoms with Gasteiger partial charge in [0, 0.05) is 11.8 Å². The van der Waals surface area contributed by atoms with Gasteiger partial charge in [-0.05, 0) is 90.2 Å². The average molecular weight is 497 g/mol. The van der Waals surface area contributed by atoms with Crippen molar-refractivity contribution >= 4 is 11.1 Å². The fraction of sp³-hybridized carbons (Fsp3) is 0.263. The van der Waals surface area contributed by atoms with Gasteiger partial charge in [-0.1, -0.05) is 128 Å². The molecule has 1 fully saturated rings. The fourth-order valence-electron chi connectivity index (χ4n) is 6.63. The van der Waals surface area contributed by atoms with Crippen LogP contribution in [0.5, 0.6) is 0 Å². The molecule has 0 aliphatic heterocycles. The van der Waals surface area contributed by atoms with Gasteiger partial charge in [0.05, 0.1) is 0 Å². The molecule has 0 heterocycles. The summed E-state index contributed by atoms with van der Waals surface area (Å²) in [6.45, 7) is 22.3. The predicted octanol–water partition coefficient (Wildman–Crippen LogP) is 10.6. The zero-order valence-corrected chi connectivity index (χ0v) is 23.5. The molecule has 0 bridgehead atoms. The Hall–Kier alpha value is -3.64. The second-order valence-electron chi connectivity index (χ2n) is 11.3. The van der Waals surface area contributed by atoms with Crippen LogP contribution in [0.15, 0.2) is 132 Å². The molecular weight excluding hydrogens is 456 g/mol. The second kappa shape index (κ2) is 10.6. The number of allylic oxidation sites excluding steroid dienone is 13. The summed E-state index contributed by atoms with van der Waals surface area (Å²) in [6.07, 6.45) is 13.5. The molecule has 0 heteroatoms. The highest BCUT2D eigenvalue weighted by Crippen LogP contribution is 2.55. The van der Waals surface area contributed by atoms with Crippen molar-refractivity contribution in [3.63, 3.8) is 0 Å². The van der Waals surface area contributed by atoms with Crippen molar-refractivity contribution in [1.29, 1.82) is 0 Å². The van der Waals surface area contributed by atoms with Gasteiger partial charge in [-0.25, -0.2) is 0 Å². The van der Waals surface area contributed by atoms with Crippen LogP contribution in [0.25, 0.3) is 11.1 Å². The third kappa shape index (κ3) is 4.81. The van der Waals surface area contributed by atoms with E-state index < -0.39 is 0 Å². The molecule has 0 radical (unpaired) electrons. The topological polar surface area (TPSA) is 0 Å². The summed E-state index contributed by atoms with van der Waals surface area (Å²) in [6, 6.07) is 17.7. The van der Waals surface area contributed by atoms with Gasteiger partial charge in [0.2, 0.25) is 0 Å². The zero-order chi connectivity index (χ0) is 27.0. The maximum atomic E-state index is 4.71. The number of aryl methyl sites for hydroxylation is 1. The van der Waals surface area contributed by atoms with Gasteiger partial charge in [-0.2, -0.15) is 0 Å². The van der Waals surface area contributed by atoms with E-state index in [0.717, 1.165) is 31.3 Å². The Balaban J connectivity index is 1.44. The third-order valence-corrected chi connectivity index (χ3v) is 8.38. The van der Waals surface area contributed by atoms with Crippen molar-refractivity contribution in [2.75, 3.05) is 0 Å². The van der Waals surface area contributed by atoms with Crippen molar-refractivity contribution in [3.8, 4) is 0 Å². The van der Waals surface area contributed by atoms with Gasteiger partial charge in [0.1, 0.15) is 0 Å². The highest BCUT2D eigenvalue weighted by molar-refractivity contribution is 5.82. The smallest absolute Gasteiger partial charge is 0.0201 e. The van der Waals surface area contributed by atoms with E-state index in [1.54, 1.807) is 0 Å². The van der Waals surface area contributed by atoms with Crippen LogP contribution < -0.4 is 0 Å². The summed E-state index contributed by atoms with van der Waals surface area (Å²) in [7, 11) is 0. The minimum atomic E-state index is 0.283. The van der Waals surface area contributed by atoms with Crippen molar-refractivity contribution < 1.29 is 0 Å². The summed E-state index contributed by atoms with van der Waals surface area (Å²) < 4.78 is 0. The van der Waals surface area contributed by atoms with Crippen LogP contribution in [-0.4, -0.2) is 0 Å². The molecule has 2 aromatic rings. The monoisotopic (exact) mass is 496 g/mol. The zero-order valence-electron chi connectivity index (χ0n) is 23.5. The molecule has 38 heavy (non-hydrogen) atoms. The van der Waals surface area contributed by atoms with Crippen LogP contribution in [-0.2, 0) is 0 Å². The number of benzene rings is 2. The molecule has 2 unspecified atom stereocenters. The molecular formula is C38H40. The summed E-state index contributed by atoms with van der Waals surface area (Å²) in [5, 5.41) is 0. The van der Waals surface area contributed by atoms with Crippen LogP contribution in [0.1, 0.15) is 74.6 Å². The number of rotatable bonds is 7. The lowest BCUT2D eigenvalue weighted by atomic mass is 9.69. The van der Waals surface area contributed by atoms with E-state index in [-0.39, 0.29) is 5.92 Å². The molecule has 5 rings (SSSR count). The van der Waals surface area contributed by atoms with Gasteiger partial charge in [0.25, 0.3) is 0 Å². The summed E-state index contributed by atoms with van der Waals surface area (Å²) in [5.74, 6) is 0.586. The minimum absolute atomic E-state index is 0.283. The van der Waals surface area contributed by atoms with E-state index >= 15 is 0 Å². The molecule has 2 atom stereocenters. The molecule has 1 saturated carbocycles. The van der Waals surface area contributed by atoms with Gasteiger partial charge in [-0.15, -0.1) is 0 Å². The third-order valence-electron chi connectivity index (χ3n) is 8.38. The van der Waals surface area contributed by atoms with Crippen LogP contribution in [0, 0.1) is 12.8 Å². The molecule has 0 amide bonds. The van der Waals surface area contributed by atoms with Crippen molar-refractivity contribution in [2.45, 2.75) is 59.3 Å². The first kappa shape index (κ1) is 26.0. The van der Waals surface area contributed by atoms with E-state index in [0.29, 0.717) is 5.92 Å². The largest absolute Gasteiger partial charge is 0.0955 e. The van der Waals surface area contributed by atoms with Crippen molar-refractivity contribution in [2.24, 2.45) is 5.92 Å². The van der Waals surface area contributed by atoms with Crippen LogP contribution in [0.4, 0.5) is 0 Å². The lowest BCUT2D eigenvalue weighted by Gasteiger charge is -2.34. The molecule has 192 valence electrons. The van der Waals surface area contributed by atoms with Crippen molar-refractivity contribution in [3.05, 3.63) is 154 Å². The van der Waals surface area contributed by atoms with Gasteiger partial charge >= 0.3 is 0 Å². The molecule has 0 nitrogen and oxygen atoms in total. The fourth-order valence-corrected chi connectivity index (χ4v) is 6.63. The average Bonchev–Trinajstić information content (AvgIpc) is 3.48. The maximum Gasteiger partial charge on any atom is 0.0201 e. The maximum absolute atomic E-state index is 4.71. The number of hydrogen-bond acceptors (Lipinski definition) is 0. The standard InChI is InChI=1S/C38H40/c1-8-12-26(5)36-27(6)20-33-23-32(28(7)37(33)38(36)30-13-10-9-11-14-30)22-29-16-17-31(21-29)34-18-15-25(4)19-35(34)24(2)3/h9-11,13-20,22,37-38H,2,5,7-8,12,21,23H2,1,3-4,6H3. The molecule has 0 spiro atoms. The van der Waals surface area contributed by atoms with Crippen LogP contribution in [0.3, 0.4) is 0 Å². The summed E-state index contributed by atoms with van der Waals surface area (Å²) >= 11 is 0. The highest BCUT2D eigenvalue weighted by Gasteiger charge is 2.40. The Kier molecular flexibility index (Phi) is 7.26.